The van der Waals surface area contributed by atoms with Crippen molar-refractivity contribution >= 4 is 28.8 Å². The molecule has 6 aromatic carbocycles. The van der Waals surface area contributed by atoms with E-state index in [1.54, 1.807) is 0 Å². The number of hydrogen-bond acceptors (Lipinski definition) is 5. The lowest BCUT2D eigenvalue weighted by Gasteiger charge is -2.43. The molecule has 0 fully saturated rings. The van der Waals surface area contributed by atoms with Crippen molar-refractivity contribution in [3.05, 3.63) is 152 Å². The van der Waals surface area contributed by atoms with Crippen molar-refractivity contribution in [2.75, 3.05) is 0 Å². The minimum Gasteiger partial charge on any atom is -0.458 e. The maximum absolute atomic E-state index is 6.75. The minimum atomic E-state index is -2.81. The summed E-state index contributed by atoms with van der Waals surface area (Å²) >= 11 is 0. The fraction of sp³-hybridized carbons (Fsp3) is 0. The molecule has 0 radical (unpaired) electrons. The van der Waals surface area contributed by atoms with Gasteiger partial charge in [-0.25, -0.2) is 15.0 Å². The van der Waals surface area contributed by atoms with Crippen LogP contribution in [0.3, 0.4) is 0 Å². The summed E-state index contributed by atoms with van der Waals surface area (Å²) in [7, 11) is -2.81. The molecule has 0 saturated carbocycles. The van der Waals surface area contributed by atoms with E-state index >= 15 is 0 Å². The highest BCUT2D eigenvalue weighted by Gasteiger charge is 2.52. The molecule has 1 spiro atoms. The highest BCUT2D eigenvalue weighted by Crippen LogP contribution is 2.37. The monoisotopic (exact) mass is 595 g/mol. The first-order valence-corrected chi connectivity index (χ1v) is 16.9. The van der Waals surface area contributed by atoms with Crippen molar-refractivity contribution in [2.24, 2.45) is 0 Å². The van der Waals surface area contributed by atoms with Gasteiger partial charge in [-0.15, -0.1) is 0 Å². The fourth-order valence-corrected chi connectivity index (χ4v) is 11.8. The molecule has 0 N–H and O–H groups in total. The minimum absolute atomic E-state index is 0.594. The first kappa shape index (κ1) is 25.6. The fourth-order valence-electron chi connectivity index (χ4n) is 6.70. The Morgan fingerprint density at radius 1 is 0.333 bits per heavy atom. The van der Waals surface area contributed by atoms with Gasteiger partial charge in [-0.05, 0) is 45.0 Å². The number of aromatic nitrogens is 3. The third kappa shape index (κ3) is 3.96. The second-order valence-corrected chi connectivity index (χ2v) is 14.8. The van der Waals surface area contributed by atoms with Crippen LogP contribution in [0.25, 0.3) is 34.2 Å². The average Bonchev–Trinajstić information content (AvgIpc) is 3.12. The van der Waals surface area contributed by atoms with Gasteiger partial charge in [0.15, 0.2) is 25.5 Å². The van der Waals surface area contributed by atoms with E-state index < -0.39 is 8.07 Å². The zero-order chi connectivity index (χ0) is 29.8. The lowest BCUT2D eigenvalue weighted by molar-refractivity contribution is 0.482. The molecule has 0 bridgehead atoms. The number of ether oxygens (including phenoxy) is 2. The molecule has 7 aromatic rings. The number of fused-ring (bicyclic) bond motifs is 8. The van der Waals surface area contributed by atoms with Crippen LogP contribution in [-0.2, 0) is 0 Å². The van der Waals surface area contributed by atoms with Crippen molar-refractivity contribution in [2.45, 2.75) is 0 Å². The largest absolute Gasteiger partial charge is 0.458 e. The smallest absolute Gasteiger partial charge is 0.196 e. The quantitative estimate of drug-likeness (QED) is 0.220. The summed E-state index contributed by atoms with van der Waals surface area (Å²) in [6.07, 6.45) is 0. The Morgan fingerprint density at radius 3 is 1.20 bits per heavy atom. The van der Waals surface area contributed by atoms with Crippen LogP contribution in [0.1, 0.15) is 0 Å². The Morgan fingerprint density at radius 2 is 0.711 bits per heavy atom. The van der Waals surface area contributed by atoms with Gasteiger partial charge >= 0.3 is 0 Å². The Kier molecular flexibility index (Phi) is 5.76. The molecular weight excluding hydrogens is 571 g/mol. The molecule has 45 heavy (non-hydrogen) atoms. The summed E-state index contributed by atoms with van der Waals surface area (Å²) in [6, 6.07) is 51.9. The lowest BCUT2D eigenvalue weighted by atomic mass is 10.1. The highest BCUT2D eigenvalue weighted by atomic mass is 28.3. The van der Waals surface area contributed by atoms with E-state index in [1.807, 2.05) is 78.9 Å². The molecule has 0 amide bonds. The van der Waals surface area contributed by atoms with Gasteiger partial charge in [0.25, 0.3) is 0 Å². The van der Waals surface area contributed by atoms with Crippen molar-refractivity contribution in [3.63, 3.8) is 0 Å². The Bertz CT molecular complexity index is 2120. The van der Waals surface area contributed by atoms with E-state index in [9.17, 15) is 0 Å². The Balaban J connectivity index is 1.29. The number of rotatable bonds is 3. The molecule has 0 unspecified atom stereocenters. The molecule has 2 aliphatic heterocycles. The van der Waals surface area contributed by atoms with Gasteiger partial charge in [-0.3, -0.25) is 0 Å². The van der Waals surface area contributed by atoms with Crippen molar-refractivity contribution in [3.8, 4) is 57.2 Å². The first-order chi connectivity index (χ1) is 22.3. The summed E-state index contributed by atoms with van der Waals surface area (Å²) < 4.78 is 13.3. The van der Waals surface area contributed by atoms with Crippen molar-refractivity contribution in [1.29, 1.82) is 0 Å². The summed E-state index contributed by atoms with van der Waals surface area (Å²) in [5.74, 6) is 5.32. The van der Waals surface area contributed by atoms with Crippen LogP contribution in [-0.4, -0.2) is 23.0 Å². The van der Waals surface area contributed by atoms with Crippen LogP contribution in [0.5, 0.6) is 23.0 Å². The van der Waals surface area contributed by atoms with Crippen molar-refractivity contribution in [1.82, 2.24) is 15.0 Å². The second-order valence-electron chi connectivity index (χ2n) is 11.2. The molecule has 6 heteroatoms. The summed E-state index contributed by atoms with van der Waals surface area (Å²) in [5.41, 5.74) is 2.73. The molecule has 9 rings (SSSR count). The standard InChI is InChI=1S/C39H25N3O2Si/c1-3-13-26(14-4-1)37-40-38(27-15-5-2-6-16-27)42-39(41-37)28-23-24-36-32(25-28)44-31-19-9-12-22-35(31)45(36)33-20-10-7-17-29(33)43-30-18-8-11-21-34(30)45/h1-25H. The van der Waals surface area contributed by atoms with E-state index in [0.29, 0.717) is 17.5 Å². The number of hydrogen-bond donors (Lipinski definition) is 0. The van der Waals surface area contributed by atoms with Crippen LogP contribution >= 0.6 is 0 Å². The molecule has 0 saturated heterocycles. The van der Waals surface area contributed by atoms with E-state index in [0.717, 1.165) is 39.7 Å². The average molecular weight is 596 g/mol. The third-order valence-electron chi connectivity index (χ3n) is 8.66. The molecule has 2 aliphatic rings. The van der Waals surface area contributed by atoms with Gasteiger partial charge in [0.05, 0.1) is 0 Å². The maximum Gasteiger partial charge on any atom is 0.196 e. The summed E-state index contributed by atoms with van der Waals surface area (Å²) in [4.78, 5) is 14.8. The van der Waals surface area contributed by atoms with Gasteiger partial charge in [0.2, 0.25) is 0 Å². The molecule has 3 heterocycles. The maximum atomic E-state index is 6.75. The van der Waals surface area contributed by atoms with E-state index in [-0.39, 0.29) is 0 Å². The Hall–Kier alpha value is -5.85. The van der Waals surface area contributed by atoms with Gasteiger partial charge in [0, 0.05) is 16.7 Å². The van der Waals surface area contributed by atoms with Crippen LogP contribution < -0.4 is 30.2 Å². The molecular formula is C39H25N3O2Si. The van der Waals surface area contributed by atoms with Gasteiger partial charge in [0.1, 0.15) is 23.0 Å². The van der Waals surface area contributed by atoms with Crippen LogP contribution in [0.4, 0.5) is 0 Å². The van der Waals surface area contributed by atoms with Crippen LogP contribution in [0.15, 0.2) is 152 Å². The zero-order valence-electron chi connectivity index (χ0n) is 24.1. The van der Waals surface area contributed by atoms with E-state index in [2.05, 4.69) is 72.8 Å². The topological polar surface area (TPSA) is 57.1 Å². The predicted molar refractivity (Wildman–Crippen MR) is 180 cm³/mol. The molecule has 0 atom stereocenters. The first-order valence-electron chi connectivity index (χ1n) is 14.9. The molecule has 212 valence electrons. The third-order valence-corrected chi connectivity index (χ3v) is 13.5. The number of benzene rings is 6. The summed E-state index contributed by atoms with van der Waals surface area (Å²) in [6.45, 7) is 0. The predicted octanol–water partition coefficient (Wildman–Crippen LogP) is 6.46. The van der Waals surface area contributed by atoms with Crippen molar-refractivity contribution < 1.29 is 9.47 Å². The molecule has 5 nitrogen and oxygen atoms in total. The van der Waals surface area contributed by atoms with Gasteiger partial charge in [-0.2, -0.15) is 0 Å². The molecule has 1 aromatic heterocycles. The number of nitrogens with zero attached hydrogens (tertiary/aromatic N) is 3. The van der Waals surface area contributed by atoms with E-state index in [4.69, 9.17) is 24.4 Å². The van der Waals surface area contributed by atoms with E-state index in [1.165, 1.54) is 20.7 Å². The zero-order valence-corrected chi connectivity index (χ0v) is 25.1. The Labute approximate surface area is 261 Å². The SMILES string of the molecule is c1ccc(-c2nc(-c3ccccc3)nc(-c3ccc4c(c3)Oc3ccccc3[Si]43c4ccccc4Oc4ccccc43)n2)cc1. The normalized spacial score (nSPS) is 13.4. The van der Waals surface area contributed by atoms with Gasteiger partial charge < -0.3 is 9.47 Å². The van der Waals surface area contributed by atoms with Crippen LogP contribution in [0.2, 0.25) is 0 Å². The number of para-hydroxylation sites is 3. The van der Waals surface area contributed by atoms with Crippen LogP contribution in [0, 0.1) is 0 Å². The molecule has 0 aliphatic carbocycles. The highest BCUT2D eigenvalue weighted by molar-refractivity contribution is 7.21. The summed E-state index contributed by atoms with van der Waals surface area (Å²) in [5, 5.41) is 4.82. The second kappa shape index (κ2) is 10.1. The lowest BCUT2D eigenvalue weighted by Crippen LogP contribution is -2.77. The van der Waals surface area contributed by atoms with Gasteiger partial charge in [-0.1, -0.05) is 127 Å².